The largest absolute Gasteiger partial charge is 0.488 e. The average molecular weight is 1680 g/mol. The van der Waals surface area contributed by atoms with Gasteiger partial charge >= 0.3 is 21.4 Å². The van der Waals surface area contributed by atoms with Gasteiger partial charge in [0.15, 0.2) is 4.73 Å². The summed E-state index contributed by atoms with van der Waals surface area (Å²) in [7, 11) is -2.40. The number of nitrogens with zero attached hydrogens (tertiary/aromatic N) is 4. The molecule has 0 unspecified atom stereocenters. The zero-order valence-corrected chi connectivity index (χ0v) is 68.0. The molecule has 10 nitrogen and oxygen atoms in total. The van der Waals surface area contributed by atoms with E-state index in [1.165, 1.54) is 87.9 Å². The van der Waals surface area contributed by atoms with Crippen molar-refractivity contribution in [1.82, 2.24) is 19.1 Å². The van der Waals surface area contributed by atoms with E-state index in [-0.39, 0.29) is 20.4 Å². The number of halogens is 1. The molecule has 0 aliphatic heterocycles. The Morgan fingerprint density at radius 1 is 0.234 bits per heavy atom. The Balaban J connectivity index is 0.000000151. The second-order valence-corrected chi connectivity index (χ2v) is 34.0. The molecule has 111 heavy (non-hydrogen) atoms. The monoisotopic (exact) mass is 1680 g/mol. The van der Waals surface area contributed by atoms with E-state index in [0.717, 1.165) is 16.1 Å². The van der Waals surface area contributed by atoms with E-state index < -0.39 is 53.0 Å². The van der Waals surface area contributed by atoms with Crippen LogP contribution in [0, 0.1) is 0 Å². The van der Waals surface area contributed by atoms with Gasteiger partial charge in [0, 0.05) is 64.9 Å². The van der Waals surface area contributed by atoms with Crippen LogP contribution in [0.3, 0.4) is 0 Å². The second kappa shape index (κ2) is 46.9. The fourth-order valence-corrected chi connectivity index (χ4v) is 20.8. The number of aromatic nitrogens is 4. The molecule has 0 bridgehead atoms. The van der Waals surface area contributed by atoms with Gasteiger partial charge in [0.05, 0.1) is 0 Å². The molecule has 554 valence electrons. The van der Waals surface area contributed by atoms with Crippen LogP contribution in [0.25, 0.3) is 11.4 Å². The Morgan fingerprint density at radius 3 is 0.523 bits per heavy atom. The Bertz CT molecular complexity index is 4260. The molecule has 0 amide bonds. The van der Waals surface area contributed by atoms with Crippen molar-refractivity contribution in [3.05, 3.63) is 442 Å². The van der Waals surface area contributed by atoms with Crippen molar-refractivity contribution < 1.29 is 50.6 Å². The number of aryl methyl sites for hydroxylation is 2. The molecule has 14 aromatic carbocycles. The van der Waals surface area contributed by atoms with Crippen molar-refractivity contribution in [2.24, 2.45) is 14.1 Å². The van der Waals surface area contributed by atoms with Crippen LogP contribution < -0.4 is 80.0 Å². The summed E-state index contributed by atoms with van der Waals surface area (Å²) in [5.41, 5.74) is 2.07. The van der Waals surface area contributed by atoms with Crippen LogP contribution in [0.4, 0.5) is 0 Å². The molecule has 19 heteroatoms. The summed E-state index contributed by atoms with van der Waals surface area (Å²) in [6, 6.07) is 142. The Morgan fingerprint density at radius 2 is 0.396 bits per heavy atom. The van der Waals surface area contributed by atoms with Crippen molar-refractivity contribution in [2.75, 3.05) is 0 Å². The van der Waals surface area contributed by atoms with Crippen molar-refractivity contribution in [1.29, 1.82) is 0 Å². The van der Waals surface area contributed by atoms with E-state index in [1.54, 1.807) is 24.5 Å². The number of hydrogen-bond donors (Lipinski definition) is 6. The fourth-order valence-electron chi connectivity index (χ4n) is 11.3. The van der Waals surface area contributed by atoms with E-state index in [2.05, 4.69) is 390 Å². The molecule has 0 saturated carbocycles. The van der Waals surface area contributed by atoms with Crippen LogP contribution >= 0.6 is 47.6 Å². The Kier molecular flexibility index (Phi) is 36.0. The third-order valence-corrected chi connectivity index (χ3v) is 27.3. The average Bonchev–Trinajstić information content (AvgIpc) is 1.60. The number of imidazole rings is 2. The van der Waals surface area contributed by atoms with Crippen LogP contribution in [-0.2, 0) is 34.5 Å². The van der Waals surface area contributed by atoms with Gasteiger partial charge in [-0.05, 0) is 128 Å². The summed E-state index contributed by atoms with van der Waals surface area (Å²) in [6.45, 7) is 0. The molecular formula is C92H84B3BrN4O6P4Pd. The van der Waals surface area contributed by atoms with Crippen molar-refractivity contribution >= 4 is 149 Å². The molecule has 2 heterocycles. The minimum absolute atomic E-state index is 0. The third-order valence-electron chi connectivity index (χ3n) is 16.8. The maximum absolute atomic E-state index is 8.93. The maximum atomic E-state index is 8.93. The molecule has 0 radical (unpaired) electrons. The summed E-state index contributed by atoms with van der Waals surface area (Å²) >= 11 is 3.22. The molecule has 0 aliphatic rings. The third kappa shape index (κ3) is 26.8. The van der Waals surface area contributed by atoms with E-state index in [1.807, 2.05) is 47.8 Å². The normalized spacial score (nSPS) is 10.3. The first-order valence-corrected chi connectivity index (χ1v) is 41.8. The Labute approximate surface area is 680 Å². The Hall–Kier alpha value is -9.68. The van der Waals surface area contributed by atoms with Gasteiger partial charge in [-0.25, -0.2) is 9.97 Å². The minimum atomic E-state index is -1.52. The number of hydrogen-bond acceptors (Lipinski definition) is 8. The van der Waals surface area contributed by atoms with Crippen molar-refractivity contribution in [2.45, 2.75) is 0 Å². The number of benzene rings is 14. The second-order valence-electron chi connectivity index (χ2n) is 24.4. The van der Waals surface area contributed by atoms with Gasteiger partial charge in [0.25, 0.3) is 0 Å². The molecule has 16 rings (SSSR count). The van der Waals surface area contributed by atoms with Crippen molar-refractivity contribution in [3.8, 4) is 11.4 Å². The first-order valence-electron chi connectivity index (χ1n) is 35.6. The SMILES string of the molecule is Cn1ccnc1-c1ccc(B(O)O)cc1.Cn1ccnc1Br.OB(O)c1ccc(B(O)O)cc1.[Pd].c1ccc(P(c2ccccc2)c2ccccc2)cc1.c1ccc(P(c2ccccc2)c2ccccc2)cc1.c1ccc(P(c2ccccc2)c2ccccc2)cc1.c1ccc(P(c2ccccc2)c2ccccc2)cc1. The van der Waals surface area contributed by atoms with Gasteiger partial charge in [-0.2, -0.15) is 0 Å². The number of rotatable bonds is 16. The quantitative estimate of drug-likeness (QED) is 0.0412. The summed E-state index contributed by atoms with van der Waals surface area (Å²) in [5.74, 6) is 0.856. The first kappa shape index (κ1) is 85.3. The minimum Gasteiger partial charge on any atom is -0.423 e. The summed E-state index contributed by atoms with van der Waals surface area (Å²) < 4.78 is 4.66. The van der Waals surface area contributed by atoms with Gasteiger partial charge in [-0.3, -0.25) is 0 Å². The van der Waals surface area contributed by atoms with E-state index >= 15 is 0 Å². The zero-order chi connectivity index (χ0) is 76.9. The van der Waals surface area contributed by atoms with Gasteiger partial charge in [-0.15, -0.1) is 0 Å². The molecule has 2 aromatic heterocycles. The predicted molar refractivity (Wildman–Crippen MR) is 476 cm³/mol. The van der Waals surface area contributed by atoms with Gasteiger partial charge in [0.1, 0.15) is 5.82 Å². The zero-order valence-electron chi connectivity index (χ0n) is 61.3. The molecule has 0 spiro atoms. The topological polar surface area (TPSA) is 157 Å². The molecule has 0 fully saturated rings. The molecule has 0 saturated heterocycles. The summed E-state index contributed by atoms with van der Waals surface area (Å²) in [5, 5.41) is 69.4. The molecule has 0 atom stereocenters. The van der Waals surface area contributed by atoms with Crippen LogP contribution in [0.5, 0.6) is 0 Å². The van der Waals surface area contributed by atoms with Crippen LogP contribution in [-0.4, -0.2) is 70.6 Å². The smallest absolute Gasteiger partial charge is 0.423 e. The van der Waals surface area contributed by atoms with Gasteiger partial charge in [-0.1, -0.05) is 413 Å². The standard InChI is InChI=1S/4C18H15P.C10H11BN2O2.C6H8B2O4.C4H5BrN2.Pd/c4*1-4-10-16(11-5-1)19(17-12-6-2-7-13-17)18-14-8-3-9-15-18;1-13-7-6-12-10(13)8-2-4-9(5-3-8)11(14)15;9-7(10)5-1-2-6(4-3-5)8(11)12;1-7-3-2-6-4(7)5;/h4*1-15H;2-7,14-15H,1H3;1-4,9-12H;2-3H,1H3;. The van der Waals surface area contributed by atoms with Crippen LogP contribution in [0.1, 0.15) is 0 Å². The first-order chi connectivity index (χ1) is 53.9. The fraction of sp³-hybridized carbons (Fsp3) is 0.0217. The van der Waals surface area contributed by atoms with Crippen LogP contribution in [0.2, 0.25) is 0 Å². The van der Waals surface area contributed by atoms with E-state index in [9.17, 15) is 0 Å². The van der Waals surface area contributed by atoms with E-state index in [0.29, 0.717) is 16.4 Å². The van der Waals surface area contributed by atoms with E-state index in [4.69, 9.17) is 30.1 Å². The summed E-state index contributed by atoms with van der Waals surface area (Å²) in [6.07, 6.45) is 7.21. The maximum Gasteiger partial charge on any atom is 0.488 e. The predicted octanol–water partition coefficient (Wildman–Crippen LogP) is 11.8. The van der Waals surface area contributed by atoms with Crippen molar-refractivity contribution in [3.63, 3.8) is 0 Å². The molecular weight excluding hydrogens is 1600 g/mol. The molecule has 16 aromatic rings. The van der Waals surface area contributed by atoms with Crippen LogP contribution in [0.15, 0.2) is 442 Å². The van der Waals surface area contributed by atoms with Gasteiger partial charge in [0.2, 0.25) is 0 Å². The molecule has 0 aliphatic carbocycles. The summed E-state index contributed by atoms with van der Waals surface area (Å²) in [4.78, 5) is 8.09. The van der Waals surface area contributed by atoms with Gasteiger partial charge < -0.3 is 39.3 Å². The molecule has 6 N–H and O–H groups in total.